The van der Waals surface area contributed by atoms with Crippen LogP contribution in [0.2, 0.25) is 0 Å². The molecule has 1 aromatic heterocycles. The molecule has 4 rings (SSSR count). The second-order valence-corrected chi connectivity index (χ2v) is 6.40. The van der Waals surface area contributed by atoms with Gasteiger partial charge in [-0.25, -0.2) is 0 Å². The molecule has 0 saturated heterocycles. The molecule has 0 saturated carbocycles. The van der Waals surface area contributed by atoms with Crippen LogP contribution in [0.3, 0.4) is 0 Å². The highest BCUT2D eigenvalue weighted by atomic mass is 32.1. The third-order valence-corrected chi connectivity index (χ3v) is 5.00. The van der Waals surface area contributed by atoms with Crippen molar-refractivity contribution in [3.8, 4) is 21.6 Å². The molecular formula is C20H15NS. The van der Waals surface area contributed by atoms with Crippen LogP contribution in [0.25, 0.3) is 31.7 Å². The van der Waals surface area contributed by atoms with Crippen LogP contribution in [-0.2, 0) is 0 Å². The predicted octanol–water partition coefficient (Wildman–Crippen LogP) is 5.82. The van der Waals surface area contributed by atoms with Gasteiger partial charge in [-0.1, -0.05) is 60.7 Å². The Hall–Kier alpha value is -2.58. The predicted molar refractivity (Wildman–Crippen MR) is 97.1 cm³/mol. The molecule has 2 N–H and O–H groups in total. The van der Waals surface area contributed by atoms with Crippen molar-refractivity contribution in [2.45, 2.75) is 0 Å². The Morgan fingerprint density at radius 1 is 0.682 bits per heavy atom. The molecule has 4 aromatic rings. The largest absolute Gasteiger partial charge is 0.398 e. The maximum atomic E-state index is 6.32. The summed E-state index contributed by atoms with van der Waals surface area (Å²) in [5.74, 6) is 0. The molecule has 0 aliphatic carbocycles. The van der Waals surface area contributed by atoms with Crippen LogP contribution >= 0.6 is 11.3 Å². The highest BCUT2D eigenvalue weighted by Gasteiger charge is 2.08. The molecule has 0 spiro atoms. The highest BCUT2D eigenvalue weighted by Crippen LogP contribution is 2.37. The summed E-state index contributed by atoms with van der Waals surface area (Å²) in [6.07, 6.45) is 0. The van der Waals surface area contributed by atoms with E-state index in [4.69, 9.17) is 5.73 Å². The molecular weight excluding hydrogens is 286 g/mol. The quantitative estimate of drug-likeness (QED) is 0.464. The third kappa shape index (κ3) is 2.28. The van der Waals surface area contributed by atoms with E-state index in [0.29, 0.717) is 0 Å². The van der Waals surface area contributed by atoms with Gasteiger partial charge < -0.3 is 5.73 Å². The van der Waals surface area contributed by atoms with Crippen LogP contribution in [0.1, 0.15) is 0 Å². The Morgan fingerprint density at radius 2 is 1.45 bits per heavy atom. The molecule has 0 aliphatic rings. The van der Waals surface area contributed by atoms with E-state index in [2.05, 4.69) is 60.7 Å². The monoisotopic (exact) mass is 301 g/mol. The minimum atomic E-state index is 0.827. The zero-order valence-corrected chi connectivity index (χ0v) is 12.8. The van der Waals surface area contributed by atoms with Gasteiger partial charge in [0.1, 0.15) is 0 Å². The maximum absolute atomic E-state index is 6.32. The number of thiophene rings is 1. The van der Waals surface area contributed by atoms with Crippen LogP contribution in [0, 0.1) is 0 Å². The van der Waals surface area contributed by atoms with Crippen molar-refractivity contribution in [3.63, 3.8) is 0 Å². The Morgan fingerprint density at radius 3 is 2.23 bits per heavy atom. The smallest absolute Gasteiger partial charge is 0.0408 e. The van der Waals surface area contributed by atoms with Gasteiger partial charge in [0, 0.05) is 20.8 Å². The number of hydrogen-bond acceptors (Lipinski definition) is 2. The van der Waals surface area contributed by atoms with Crippen molar-refractivity contribution >= 4 is 27.1 Å². The van der Waals surface area contributed by atoms with Crippen molar-refractivity contribution in [1.82, 2.24) is 0 Å². The first kappa shape index (κ1) is 13.1. The van der Waals surface area contributed by atoms with Gasteiger partial charge in [0.15, 0.2) is 0 Å². The Kier molecular flexibility index (Phi) is 3.17. The molecule has 0 radical (unpaired) electrons. The maximum Gasteiger partial charge on any atom is 0.0408 e. The summed E-state index contributed by atoms with van der Waals surface area (Å²) < 4.78 is 1.30. The minimum Gasteiger partial charge on any atom is -0.398 e. The summed E-state index contributed by atoms with van der Waals surface area (Å²) in [7, 11) is 0. The van der Waals surface area contributed by atoms with E-state index in [1.165, 1.54) is 20.5 Å². The van der Waals surface area contributed by atoms with Crippen molar-refractivity contribution < 1.29 is 0 Å². The fourth-order valence-corrected chi connectivity index (χ4v) is 3.82. The first-order valence-electron chi connectivity index (χ1n) is 7.25. The van der Waals surface area contributed by atoms with E-state index in [-0.39, 0.29) is 0 Å². The first-order chi connectivity index (χ1) is 10.8. The summed E-state index contributed by atoms with van der Waals surface area (Å²) in [5, 5.41) is 1.27. The molecule has 2 heteroatoms. The fourth-order valence-electron chi connectivity index (χ4n) is 2.71. The van der Waals surface area contributed by atoms with E-state index in [0.717, 1.165) is 16.8 Å². The highest BCUT2D eigenvalue weighted by molar-refractivity contribution is 7.22. The summed E-state index contributed by atoms with van der Waals surface area (Å²) in [4.78, 5) is 1.22. The van der Waals surface area contributed by atoms with Gasteiger partial charge >= 0.3 is 0 Å². The molecule has 0 fully saturated rings. The van der Waals surface area contributed by atoms with Gasteiger partial charge in [0.05, 0.1) is 0 Å². The molecule has 0 amide bonds. The number of benzene rings is 3. The standard InChI is InChI=1S/C20H15NS/c21-18-12-15(14-6-2-1-3-7-14)10-11-17(18)20-13-16-8-4-5-9-19(16)22-20/h1-13H,21H2. The number of rotatable bonds is 2. The molecule has 22 heavy (non-hydrogen) atoms. The van der Waals surface area contributed by atoms with E-state index >= 15 is 0 Å². The zero-order valence-electron chi connectivity index (χ0n) is 12.0. The second-order valence-electron chi connectivity index (χ2n) is 5.32. The molecule has 0 bridgehead atoms. The van der Waals surface area contributed by atoms with E-state index in [9.17, 15) is 0 Å². The summed E-state index contributed by atoms with van der Waals surface area (Å²) >= 11 is 1.79. The average molecular weight is 301 g/mol. The number of nitrogens with two attached hydrogens (primary N) is 1. The minimum absolute atomic E-state index is 0.827. The van der Waals surface area contributed by atoms with Crippen molar-refractivity contribution in [2.75, 3.05) is 5.73 Å². The molecule has 0 unspecified atom stereocenters. The van der Waals surface area contributed by atoms with Crippen LogP contribution in [0.4, 0.5) is 5.69 Å². The Labute approximate surface area is 133 Å². The molecule has 106 valence electrons. The van der Waals surface area contributed by atoms with Crippen molar-refractivity contribution in [2.24, 2.45) is 0 Å². The second kappa shape index (κ2) is 5.32. The van der Waals surface area contributed by atoms with Gasteiger partial charge in [0.25, 0.3) is 0 Å². The van der Waals surface area contributed by atoms with E-state index in [1.54, 1.807) is 11.3 Å². The lowest BCUT2D eigenvalue weighted by molar-refractivity contribution is 1.61. The van der Waals surface area contributed by atoms with Gasteiger partial charge in [-0.05, 0) is 34.7 Å². The van der Waals surface area contributed by atoms with Gasteiger partial charge in [-0.15, -0.1) is 11.3 Å². The lowest BCUT2D eigenvalue weighted by atomic mass is 10.0. The zero-order chi connectivity index (χ0) is 14.9. The van der Waals surface area contributed by atoms with E-state index in [1.807, 2.05) is 18.2 Å². The number of hydrogen-bond donors (Lipinski definition) is 1. The van der Waals surface area contributed by atoms with Crippen LogP contribution in [0.15, 0.2) is 78.9 Å². The first-order valence-corrected chi connectivity index (χ1v) is 8.07. The van der Waals surface area contributed by atoms with Crippen LogP contribution in [-0.4, -0.2) is 0 Å². The number of fused-ring (bicyclic) bond motifs is 1. The van der Waals surface area contributed by atoms with Crippen LogP contribution in [0.5, 0.6) is 0 Å². The topological polar surface area (TPSA) is 26.0 Å². The normalized spacial score (nSPS) is 10.9. The van der Waals surface area contributed by atoms with E-state index < -0.39 is 0 Å². The lowest BCUT2D eigenvalue weighted by Crippen LogP contribution is -1.89. The molecule has 3 aromatic carbocycles. The molecule has 1 heterocycles. The molecule has 0 atom stereocenters. The van der Waals surface area contributed by atoms with Crippen molar-refractivity contribution in [1.29, 1.82) is 0 Å². The summed E-state index contributed by atoms with van der Waals surface area (Å²) in [6, 6.07) is 27.3. The lowest BCUT2D eigenvalue weighted by Gasteiger charge is -2.07. The van der Waals surface area contributed by atoms with Crippen LogP contribution < -0.4 is 5.73 Å². The Balaban J connectivity index is 1.80. The SMILES string of the molecule is Nc1cc(-c2ccccc2)ccc1-c1cc2ccccc2s1. The van der Waals surface area contributed by atoms with Gasteiger partial charge in [-0.2, -0.15) is 0 Å². The average Bonchev–Trinajstić information content (AvgIpc) is 2.99. The Bertz CT molecular complexity index is 905. The molecule has 0 aliphatic heterocycles. The van der Waals surface area contributed by atoms with Gasteiger partial charge in [0.2, 0.25) is 0 Å². The van der Waals surface area contributed by atoms with Gasteiger partial charge in [-0.3, -0.25) is 0 Å². The fraction of sp³-hybridized carbons (Fsp3) is 0. The third-order valence-electron chi connectivity index (χ3n) is 3.85. The van der Waals surface area contributed by atoms with Crippen molar-refractivity contribution in [3.05, 3.63) is 78.9 Å². The summed E-state index contributed by atoms with van der Waals surface area (Å²) in [6.45, 7) is 0. The molecule has 1 nitrogen and oxygen atoms in total. The number of nitrogen functional groups attached to an aromatic ring is 1. The number of anilines is 1. The summed E-state index contributed by atoms with van der Waals surface area (Å²) in [5.41, 5.74) is 10.6.